The highest BCUT2D eigenvalue weighted by molar-refractivity contribution is 7.19. The van der Waals surface area contributed by atoms with Gasteiger partial charge >= 0.3 is 5.97 Å². The van der Waals surface area contributed by atoms with Gasteiger partial charge in [-0.15, -0.1) is 11.3 Å². The Balaban J connectivity index is 1.81. The molecule has 0 amide bonds. The van der Waals surface area contributed by atoms with Crippen molar-refractivity contribution in [2.75, 3.05) is 19.0 Å². The summed E-state index contributed by atoms with van der Waals surface area (Å²) in [5.41, 5.74) is 3.37. The minimum atomic E-state index is -0.473. The third-order valence-electron chi connectivity index (χ3n) is 5.25. The second-order valence-corrected chi connectivity index (χ2v) is 8.58. The van der Waals surface area contributed by atoms with Crippen LogP contribution in [0, 0.1) is 0 Å². The van der Waals surface area contributed by atoms with Crippen LogP contribution in [-0.4, -0.2) is 25.5 Å². The molecule has 0 aliphatic carbocycles. The van der Waals surface area contributed by atoms with Gasteiger partial charge in [0.15, 0.2) is 5.78 Å². The van der Waals surface area contributed by atoms with Gasteiger partial charge in [-0.3, -0.25) is 4.79 Å². The molecule has 0 saturated carbocycles. The summed E-state index contributed by atoms with van der Waals surface area (Å²) < 4.78 is 10.6. The van der Waals surface area contributed by atoms with E-state index in [-0.39, 0.29) is 12.4 Å². The van der Waals surface area contributed by atoms with Crippen molar-refractivity contribution in [1.29, 1.82) is 0 Å². The Morgan fingerprint density at radius 1 is 0.914 bits per heavy atom. The van der Waals surface area contributed by atoms with Gasteiger partial charge in [-0.2, -0.15) is 0 Å². The van der Waals surface area contributed by atoms with Crippen LogP contribution < -0.4 is 10.1 Å². The second kappa shape index (κ2) is 11.3. The van der Waals surface area contributed by atoms with Gasteiger partial charge in [0.2, 0.25) is 0 Å². The molecular formula is C29H25NO4S. The van der Waals surface area contributed by atoms with Crippen molar-refractivity contribution in [3.63, 3.8) is 0 Å². The largest absolute Gasteiger partial charge is 0.497 e. The molecule has 0 saturated heterocycles. The molecule has 0 bridgehead atoms. The lowest BCUT2D eigenvalue weighted by Crippen LogP contribution is -2.08. The number of rotatable bonds is 9. The third-order valence-corrected chi connectivity index (χ3v) is 6.37. The molecule has 3 aromatic carbocycles. The standard InChI is InChI=1S/C29H25NO4S/c1-3-34-29(32)26-25(21-10-6-4-7-11-21)27(35-28(26)30-22-12-8-5-9-13-22)24(31)19-16-20-14-17-23(33-2)18-15-20/h4-19,30H,3H2,1-2H3/b19-16+. The highest BCUT2D eigenvalue weighted by Gasteiger charge is 2.28. The topological polar surface area (TPSA) is 64.6 Å². The molecule has 0 spiro atoms. The first-order valence-corrected chi connectivity index (χ1v) is 12.0. The van der Waals surface area contributed by atoms with E-state index in [1.165, 1.54) is 17.4 Å². The number of allylic oxidation sites excluding steroid dienone is 1. The molecule has 0 radical (unpaired) electrons. The fourth-order valence-electron chi connectivity index (χ4n) is 3.59. The summed E-state index contributed by atoms with van der Waals surface area (Å²) in [4.78, 5) is 27.0. The number of nitrogens with one attached hydrogen (secondary N) is 1. The Morgan fingerprint density at radius 3 is 2.20 bits per heavy atom. The number of anilines is 2. The van der Waals surface area contributed by atoms with Crippen LogP contribution in [0.4, 0.5) is 10.7 Å². The van der Waals surface area contributed by atoms with E-state index in [4.69, 9.17) is 9.47 Å². The number of esters is 1. The summed E-state index contributed by atoms with van der Waals surface area (Å²) in [5.74, 6) is 0.0735. The van der Waals surface area contributed by atoms with Crippen molar-refractivity contribution in [3.05, 3.63) is 107 Å². The SMILES string of the molecule is CCOC(=O)c1c(Nc2ccccc2)sc(C(=O)/C=C/c2ccc(OC)cc2)c1-c1ccccc1. The first kappa shape index (κ1) is 24.0. The molecule has 1 heterocycles. The highest BCUT2D eigenvalue weighted by Crippen LogP contribution is 2.42. The fourth-order valence-corrected chi connectivity index (χ4v) is 4.74. The predicted molar refractivity (Wildman–Crippen MR) is 142 cm³/mol. The smallest absolute Gasteiger partial charge is 0.341 e. The Labute approximate surface area is 208 Å². The van der Waals surface area contributed by atoms with E-state index in [2.05, 4.69) is 5.32 Å². The molecule has 6 heteroatoms. The molecule has 1 aromatic heterocycles. The van der Waals surface area contributed by atoms with Gasteiger partial charge in [0.25, 0.3) is 0 Å². The number of thiophene rings is 1. The minimum absolute atomic E-state index is 0.198. The number of benzene rings is 3. The summed E-state index contributed by atoms with van der Waals surface area (Å²) >= 11 is 1.25. The molecule has 4 aromatic rings. The normalized spacial score (nSPS) is 10.8. The van der Waals surface area contributed by atoms with Crippen LogP contribution in [0.3, 0.4) is 0 Å². The molecule has 1 N–H and O–H groups in total. The van der Waals surface area contributed by atoms with Crippen LogP contribution in [0.5, 0.6) is 5.75 Å². The van der Waals surface area contributed by atoms with Crippen LogP contribution in [0.2, 0.25) is 0 Å². The van der Waals surface area contributed by atoms with E-state index >= 15 is 0 Å². The van der Waals surface area contributed by atoms with E-state index in [1.54, 1.807) is 20.1 Å². The lowest BCUT2D eigenvalue weighted by Gasteiger charge is -2.10. The number of para-hydroxylation sites is 1. The van der Waals surface area contributed by atoms with Crippen molar-refractivity contribution in [3.8, 4) is 16.9 Å². The third kappa shape index (κ3) is 5.67. The zero-order chi connectivity index (χ0) is 24.6. The Hall–Kier alpha value is -4.16. The van der Waals surface area contributed by atoms with Gasteiger partial charge in [0.05, 0.1) is 18.6 Å². The highest BCUT2D eigenvalue weighted by atomic mass is 32.1. The average molecular weight is 484 g/mol. The maximum atomic E-state index is 13.5. The van der Waals surface area contributed by atoms with Gasteiger partial charge in [0.1, 0.15) is 16.3 Å². The molecular weight excluding hydrogens is 458 g/mol. The minimum Gasteiger partial charge on any atom is -0.497 e. The number of hydrogen-bond donors (Lipinski definition) is 1. The zero-order valence-electron chi connectivity index (χ0n) is 19.5. The van der Waals surface area contributed by atoms with Crippen LogP contribution in [-0.2, 0) is 4.74 Å². The molecule has 0 unspecified atom stereocenters. The Kier molecular flexibility index (Phi) is 7.75. The molecule has 0 aliphatic heterocycles. The second-order valence-electron chi connectivity index (χ2n) is 7.56. The number of hydrogen-bond acceptors (Lipinski definition) is 6. The molecule has 0 atom stereocenters. The van der Waals surface area contributed by atoms with E-state index in [0.717, 1.165) is 22.6 Å². The van der Waals surface area contributed by atoms with Gasteiger partial charge in [0, 0.05) is 11.3 Å². The first-order chi connectivity index (χ1) is 17.1. The lowest BCUT2D eigenvalue weighted by atomic mass is 9.99. The van der Waals surface area contributed by atoms with Gasteiger partial charge in [-0.25, -0.2) is 4.79 Å². The van der Waals surface area contributed by atoms with Gasteiger partial charge in [-0.1, -0.05) is 66.7 Å². The predicted octanol–water partition coefficient (Wildman–Crippen LogP) is 7.24. The summed E-state index contributed by atoms with van der Waals surface area (Å²) in [6.45, 7) is 1.99. The number of methoxy groups -OCH3 is 1. The quantitative estimate of drug-likeness (QED) is 0.154. The van der Waals surface area contributed by atoms with Crippen LogP contribution in [0.1, 0.15) is 32.5 Å². The Bertz CT molecular complexity index is 1330. The number of carbonyl (C=O) groups excluding carboxylic acids is 2. The monoisotopic (exact) mass is 483 g/mol. The zero-order valence-corrected chi connectivity index (χ0v) is 20.3. The van der Waals surface area contributed by atoms with Crippen molar-refractivity contribution in [2.45, 2.75) is 6.92 Å². The molecule has 4 rings (SSSR count). The van der Waals surface area contributed by atoms with Gasteiger partial charge < -0.3 is 14.8 Å². The van der Waals surface area contributed by atoms with E-state index < -0.39 is 5.97 Å². The lowest BCUT2D eigenvalue weighted by molar-refractivity contribution is 0.0529. The van der Waals surface area contributed by atoms with Crippen molar-refractivity contribution in [1.82, 2.24) is 0 Å². The molecule has 35 heavy (non-hydrogen) atoms. The van der Waals surface area contributed by atoms with E-state index in [0.29, 0.717) is 21.0 Å². The first-order valence-electron chi connectivity index (χ1n) is 11.2. The molecule has 0 aliphatic rings. The van der Waals surface area contributed by atoms with Crippen LogP contribution in [0.25, 0.3) is 17.2 Å². The van der Waals surface area contributed by atoms with E-state index in [9.17, 15) is 9.59 Å². The summed E-state index contributed by atoms with van der Waals surface area (Å²) in [7, 11) is 1.61. The number of ketones is 1. The summed E-state index contributed by atoms with van der Waals surface area (Å²) in [6, 6.07) is 26.4. The maximum absolute atomic E-state index is 13.5. The number of ether oxygens (including phenoxy) is 2. The van der Waals surface area contributed by atoms with Crippen molar-refractivity contribution in [2.24, 2.45) is 0 Å². The van der Waals surface area contributed by atoms with Crippen molar-refractivity contribution < 1.29 is 19.1 Å². The fraction of sp³-hybridized carbons (Fsp3) is 0.103. The average Bonchev–Trinajstić information content (AvgIpc) is 3.28. The molecule has 5 nitrogen and oxygen atoms in total. The van der Waals surface area contributed by atoms with Crippen LogP contribution in [0.15, 0.2) is 91.0 Å². The van der Waals surface area contributed by atoms with E-state index in [1.807, 2.05) is 84.9 Å². The molecule has 176 valence electrons. The van der Waals surface area contributed by atoms with Crippen LogP contribution >= 0.6 is 11.3 Å². The van der Waals surface area contributed by atoms with Crippen molar-refractivity contribution >= 4 is 39.9 Å². The summed E-state index contributed by atoms with van der Waals surface area (Å²) in [5, 5.41) is 3.88. The maximum Gasteiger partial charge on any atom is 0.341 e. The van der Waals surface area contributed by atoms with Gasteiger partial charge in [-0.05, 0) is 48.4 Å². The Morgan fingerprint density at radius 2 is 1.57 bits per heavy atom. The summed E-state index contributed by atoms with van der Waals surface area (Å²) in [6.07, 6.45) is 3.28. The number of carbonyl (C=O) groups is 2. The molecule has 0 fully saturated rings.